The predicted octanol–water partition coefficient (Wildman–Crippen LogP) is 2.90. The first-order valence-corrected chi connectivity index (χ1v) is 6.55. The van der Waals surface area contributed by atoms with Crippen molar-refractivity contribution < 1.29 is 5.11 Å². The van der Waals surface area contributed by atoms with Crippen molar-refractivity contribution in [3.8, 4) is 11.3 Å². The molecule has 0 bridgehead atoms. The Morgan fingerprint density at radius 3 is 2.94 bits per heavy atom. The van der Waals surface area contributed by atoms with Crippen molar-refractivity contribution in [1.82, 2.24) is 10.2 Å². The van der Waals surface area contributed by atoms with Crippen LogP contribution in [0.2, 0.25) is 0 Å². The molecule has 4 heteroatoms. The molecule has 2 N–H and O–H groups in total. The van der Waals surface area contributed by atoms with Gasteiger partial charge in [-0.25, -0.2) is 0 Å². The SMILES string of the molecule is OCc1c(-c2ccsc2)n[nH]c1C1CCC1. The molecule has 0 unspecified atom stereocenters. The van der Waals surface area contributed by atoms with Crippen LogP contribution in [0.4, 0.5) is 0 Å². The molecule has 3 rings (SSSR count). The van der Waals surface area contributed by atoms with Crippen molar-refractivity contribution in [2.75, 3.05) is 0 Å². The van der Waals surface area contributed by atoms with E-state index in [-0.39, 0.29) is 6.61 Å². The van der Waals surface area contributed by atoms with Gasteiger partial charge >= 0.3 is 0 Å². The molecule has 1 aliphatic rings. The van der Waals surface area contributed by atoms with Gasteiger partial charge in [0, 0.05) is 28.1 Å². The lowest BCUT2D eigenvalue weighted by atomic mass is 9.81. The van der Waals surface area contributed by atoms with Gasteiger partial charge in [-0.15, -0.1) is 0 Å². The summed E-state index contributed by atoms with van der Waals surface area (Å²) in [5.74, 6) is 0.585. The third-order valence-corrected chi connectivity index (χ3v) is 4.05. The molecule has 2 aromatic heterocycles. The van der Waals surface area contributed by atoms with Crippen molar-refractivity contribution >= 4 is 11.3 Å². The lowest BCUT2D eigenvalue weighted by Crippen LogP contribution is -2.11. The van der Waals surface area contributed by atoms with E-state index in [1.165, 1.54) is 19.3 Å². The van der Waals surface area contributed by atoms with Gasteiger partial charge in [0.1, 0.15) is 0 Å². The minimum atomic E-state index is 0.0769. The van der Waals surface area contributed by atoms with Crippen molar-refractivity contribution in [3.05, 3.63) is 28.1 Å². The van der Waals surface area contributed by atoms with Gasteiger partial charge in [0.2, 0.25) is 0 Å². The zero-order chi connectivity index (χ0) is 11.0. The Hall–Kier alpha value is -1.13. The summed E-state index contributed by atoms with van der Waals surface area (Å²) < 4.78 is 0. The molecule has 3 nitrogen and oxygen atoms in total. The van der Waals surface area contributed by atoms with Crippen LogP contribution in [-0.2, 0) is 6.61 Å². The second-order valence-corrected chi connectivity index (χ2v) is 5.04. The minimum Gasteiger partial charge on any atom is -0.392 e. The second kappa shape index (κ2) is 4.03. The van der Waals surface area contributed by atoms with E-state index in [2.05, 4.69) is 15.6 Å². The Bertz CT molecular complexity index is 471. The van der Waals surface area contributed by atoms with Crippen LogP contribution in [-0.4, -0.2) is 15.3 Å². The van der Waals surface area contributed by atoms with E-state index >= 15 is 0 Å². The van der Waals surface area contributed by atoms with Gasteiger partial charge in [0.05, 0.1) is 12.3 Å². The third kappa shape index (κ3) is 1.49. The van der Waals surface area contributed by atoms with Crippen molar-refractivity contribution in [3.63, 3.8) is 0 Å². The number of thiophene rings is 1. The Morgan fingerprint density at radius 1 is 1.50 bits per heavy atom. The van der Waals surface area contributed by atoms with E-state index in [1.54, 1.807) is 11.3 Å². The third-order valence-electron chi connectivity index (χ3n) is 3.37. The van der Waals surface area contributed by atoms with E-state index in [9.17, 15) is 5.11 Å². The number of aromatic nitrogens is 2. The van der Waals surface area contributed by atoms with Gasteiger partial charge in [-0.1, -0.05) is 6.42 Å². The molecule has 0 aromatic carbocycles. The van der Waals surface area contributed by atoms with Crippen LogP contribution >= 0.6 is 11.3 Å². The summed E-state index contributed by atoms with van der Waals surface area (Å²) in [6.45, 7) is 0.0769. The summed E-state index contributed by atoms with van der Waals surface area (Å²) in [5, 5.41) is 21.1. The summed E-state index contributed by atoms with van der Waals surface area (Å²) in [6, 6.07) is 2.05. The first-order valence-electron chi connectivity index (χ1n) is 5.60. The van der Waals surface area contributed by atoms with Gasteiger partial charge in [0.15, 0.2) is 0 Å². The number of aromatic amines is 1. The maximum Gasteiger partial charge on any atom is 0.0987 e. The second-order valence-electron chi connectivity index (χ2n) is 4.26. The van der Waals surface area contributed by atoms with Crippen LogP contribution in [0.1, 0.15) is 36.4 Å². The van der Waals surface area contributed by atoms with Gasteiger partial charge in [-0.2, -0.15) is 16.4 Å². The maximum atomic E-state index is 9.50. The topological polar surface area (TPSA) is 48.9 Å². The summed E-state index contributed by atoms with van der Waals surface area (Å²) in [5.41, 5.74) is 4.17. The molecular weight excluding hydrogens is 220 g/mol. The largest absolute Gasteiger partial charge is 0.392 e. The Balaban J connectivity index is 2.02. The molecule has 0 radical (unpaired) electrons. The summed E-state index contributed by atoms with van der Waals surface area (Å²) in [6.07, 6.45) is 3.74. The van der Waals surface area contributed by atoms with Crippen molar-refractivity contribution in [2.45, 2.75) is 31.8 Å². The number of nitrogens with one attached hydrogen (secondary N) is 1. The highest BCUT2D eigenvalue weighted by Crippen LogP contribution is 2.39. The maximum absolute atomic E-state index is 9.50. The average molecular weight is 234 g/mol. The van der Waals surface area contributed by atoms with E-state index in [1.807, 2.05) is 11.4 Å². The van der Waals surface area contributed by atoms with Crippen LogP contribution in [0.3, 0.4) is 0 Å². The van der Waals surface area contributed by atoms with E-state index in [4.69, 9.17) is 0 Å². The normalized spacial score (nSPS) is 16.3. The van der Waals surface area contributed by atoms with Crippen molar-refractivity contribution in [1.29, 1.82) is 0 Å². The van der Waals surface area contributed by atoms with Crippen molar-refractivity contribution in [2.24, 2.45) is 0 Å². The van der Waals surface area contributed by atoms with Gasteiger partial charge in [-0.05, 0) is 24.3 Å². The first kappa shape index (κ1) is 10.1. The summed E-state index contributed by atoms with van der Waals surface area (Å²) in [4.78, 5) is 0. The fourth-order valence-corrected chi connectivity index (χ4v) is 2.85. The first-order chi connectivity index (χ1) is 7.90. The Labute approximate surface area is 98.1 Å². The molecule has 0 saturated heterocycles. The molecule has 84 valence electrons. The highest BCUT2D eigenvalue weighted by atomic mass is 32.1. The summed E-state index contributed by atoms with van der Waals surface area (Å²) in [7, 11) is 0. The minimum absolute atomic E-state index is 0.0769. The quantitative estimate of drug-likeness (QED) is 0.858. The number of H-pyrrole nitrogens is 1. The van der Waals surface area contributed by atoms with Crippen LogP contribution in [0.5, 0.6) is 0 Å². The fraction of sp³-hybridized carbons (Fsp3) is 0.417. The molecule has 2 heterocycles. The lowest BCUT2D eigenvalue weighted by Gasteiger charge is -2.24. The molecule has 0 aliphatic heterocycles. The zero-order valence-electron chi connectivity index (χ0n) is 8.94. The smallest absolute Gasteiger partial charge is 0.0987 e. The number of hydrogen-bond donors (Lipinski definition) is 2. The summed E-state index contributed by atoms with van der Waals surface area (Å²) >= 11 is 1.66. The molecule has 1 aliphatic carbocycles. The average Bonchev–Trinajstić information content (AvgIpc) is 2.81. The highest BCUT2D eigenvalue weighted by Gasteiger charge is 2.26. The lowest BCUT2D eigenvalue weighted by molar-refractivity contribution is 0.277. The standard InChI is InChI=1S/C12H14N2OS/c15-6-10-11(8-2-1-3-8)13-14-12(10)9-4-5-16-7-9/h4-5,7-8,15H,1-3,6H2,(H,13,14). The van der Waals surface area contributed by atoms with Crippen LogP contribution in [0.25, 0.3) is 11.3 Å². The van der Waals surface area contributed by atoms with Gasteiger partial charge in [-0.3, -0.25) is 5.10 Å². The molecule has 1 fully saturated rings. The fourth-order valence-electron chi connectivity index (χ4n) is 2.21. The number of hydrogen-bond acceptors (Lipinski definition) is 3. The molecule has 2 aromatic rings. The van der Waals surface area contributed by atoms with E-state index < -0.39 is 0 Å². The highest BCUT2D eigenvalue weighted by molar-refractivity contribution is 7.08. The number of aliphatic hydroxyl groups is 1. The van der Waals surface area contributed by atoms with Gasteiger partial charge < -0.3 is 5.11 Å². The van der Waals surface area contributed by atoms with Crippen LogP contribution in [0.15, 0.2) is 16.8 Å². The Morgan fingerprint density at radius 2 is 2.38 bits per heavy atom. The van der Waals surface area contributed by atoms with Gasteiger partial charge in [0.25, 0.3) is 0 Å². The molecule has 0 amide bonds. The van der Waals surface area contributed by atoms with E-state index in [0.29, 0.717) is 5.92 Å². The van der Waals surface area contributed by atoms with Crippen LogP contribution in [0, 0.1) is 0 Å². The monoisotopic (exact) mass is 234 g/mol. The zero-order valence-corrected chi connectivity index (χ0v) is 9.76. The molecule has 16 heavy (non-hydrogen) atoms. The van der Waals surface area contributed by atoms with E-state index in [0.717, 1.165) is 22.5 Å². The Kier molecular flexibility index (Phi) is 2.53. The molecular formula is C12H14N2OS. The predicted molar refractivity (Wildman–Crippen MR) is 64.4 cm³/mol. The molecule has 1 saturated carbocycles. The number of nitrogens with zero attached hydrogens (tertiary/aromatic N) is 1. The number of rotatable bonds is 3. The number of aliphatic hydroxyl groups excluding tert-OH is 1. The molecule has 0 spiro atoms. The van der Waals surface area contributed by atoms with Crippen LogP contribution < -0.4 is 0 Å². The molecule has 0 atom stereocenters.